The van der Waals surface area contributed by atoms with E-state index in [1.807, 2.05) is 0 Å². The van der Waals surface area contributed by atoms with Gasteiger partial charge in [-0.3, -0.25) is 4.79 Å². The number of hydrogen-bond donors (Lipinski definition) is 2. The summed E-state index contributed by atoms with van der Waals surface area (Å²) in [6.07, 6.45) is 4.15. The van der Waals surface area contributed by atoms with Gasteiger partial charge >= 0.3 is 0 Å². The molecule has 3 aromatic heterocycles. The fraction of sp³-hybridized carbons (Fsp3) is 0.400. The summed E-state index contributed by atoms with van der Waals surface area (Å²) in [7, 11) is 0. The number of rotatable bonds is 4. The van der Waals surface area contributed by atoms with E-state index in [-0.39, 0.29) is 17.1 Å². The van der Waals surface area contributed by atoms with Crippen LogP contribution in [0.5, 0.6) is 0 Å². The van der Waals surface area contributed by atoms with E-state index in [0.717, 1.165) is 24.9 Å². The van der Waals surface area contributed by atoms with Crippen LogP contribution in [0.1, 0.15) is 58.7 Å². The maximum Gasteiger partial charge on any atom is 0.234 e. The predicted molar refractivity (Wildman–Crippen MR) is 103 cm³/mol. The van der Waals surface area contributed by atoms with Crippen molar-refractivity contribution >= 4 is 22.7 Å². The lowest BCUT2D eigenvalue weighted by atomic mass is 10.0. The summed E-state index contributed by atoms with van der Waals surface area (Å²) in [6.45, 7) is 5.08. The maximum absolute atomic E-state index is 13.4. The van der Waals surface area contributed by atoms with E-state index in [1.54, 1.807) is 6.92 Å². The lowest BCUT2D eigenvalue weighted by Gasteiger charge is -2.17. The van der Waals surface area contributed by atoms with Gasteiger partial charge in [-0.25, -0.2) is 19.9 Å². The van der Waals surface area contributed by atoms with Crippen LogP contribution in [0.3, 0.4) is 0 Å². The number of carbonyl (C=O) groups is 1. The monoisotopic (exact) mass is 389 g/mol. The van der Waals surface area contributed by atoms with Crippen LogP contribution in [0.15, 0.2) is 10.7 Å². The standard InChI is InChI=1S/C20H19N7O2/c1-10-14(15-17(27-20(2)4-5-20)23-9-24-19(15)29-10)16(28)18-25-12(7-21)11-3-6-22-8-13(11)26-18/h9,22H,3-6,8H2,1-2H3,(H,23,24,27). The molecule has 0 unspecified atom stereocenters. The molecule has 3 aromatic rings. The van der Waals surface area contributed by atoms with Crippen LogP contribution < -0.4 is 10.6 Å². The van der Waals surface area contributed by atoms with Crippen LogP contribution in [0.25, 0.3) is 11.1 Å². The number of aryl methyl sites for hydroxylation is 1. The molecule has 2 N–H and O–H groups in total. The Morgan fingerprint density at radius 1 is 1.34 bits per heavy atom. The molecule has 9 nitrogen and oxygen atoms in total. The van der Waals surface area contributed by atoms with E-state index in [0.29, 0.717) is 46.9 Å². The van der Waals surface area contributed by atoms with Crippen LogP contribution in [-0.2, 0) is 13.0 Å². The third-order valence-electron chi connectivity index (χ3n) is 5.56. The summed E-state index contributed by atoms with van der Waals surface area (Å²) in [5, 5.41) is 16.7. The fourth-order valence-electron chi connectivity index (χ4n) is 3.68. The van der Waals surface area contributed by atoms with Crippen LogP contribution in [-0.4, -0.2) is 37.8 Å². The Hall–Kier alpha value is -3.38. The van der Waals surface area contributed by atoms with E-state index in [2.05, 4.69) is 43.6 Å². The maximum atomic E-state index is 13.4. The normalized spacial score (nSPS) is 16.9. The van der Waals surface area contributed by atoms with Gasteiger partial charge in [-0.05, 0) is 39.7 Å². The van der Waals surface area contributed by atoms with E-state index >= 15 is 0 Å². The van der Waals surface area contributed by atoms with Crippen molar-refractivity contribution in [1.29, 1.82) is 5.26 Å². The Morgan fingerprint density at radius 2 is 2.17 bits per heavy atom. The molecule has 2 aliphatic rings. The summed E-state index contributed by atoms with van der Waals surface area (Å²) >= 11 is 0. The van der Waals surface area contributed by atoms with Crippen LogP contribution in [0.2, 0.25) is 0 Å². The quantitative estimate of drug-likeness (QED) is 0.644. The molecule has 1 saturated carbocycles. The van der Waals surface area contributed by atoms with Gasteiger partial charge in [0, 0.05) is 17.6 Å². The van der Waals surface area contributed by atoms with Crippen LogP contribution >= 0.6 is 0 Å². The van der Waals surface area contributed by atoms with Gasteiger partial charge in [-0.15, -0.1) is 0 Å². The highest BCUT2D eigenvalue weighted by Crippen LogP contribution is 2.40. The number of anilines is 1. The number of carbonyl (C=O) groups excluding carboxylic acids is 1. The Kier molecular flexibility index (Phi) is 3.86. The first-order chi connectivity index (χ1) is 14.0. The molecular weight excluding hydrogens is 370 g/mol. The molecule has 146 valence electrons. The number of ketones is 1. The molecule has 0 radical (unpaired) electrons. The molecule has 29 heavy (non-hydrogen) atoms. The van der Waals surface area contributed by atoms with Gasteiger partial charge in [0.25, 0.3) is 0 Å². The molecule has 0 spiro atoms. The first-order valence-corrected chi connectivity index (χ1v) is 9.57. The summed E-state index contributed by atoms with van der Waals surface area (Å²) in [5.41, 5.74) is 2.40. The molecule has 4 heterocycles. The summed E-state index contributed by atoms with van der Waals surface area (Å²) < 4.78 is 5.74. The van der Waals surface area contributed by atoms with Crippen LogP contribution in [0, 0.1) is 18.3 Å². The Morgan fingerprint density at radius 3 is 2.93 bits per heavy atom. The van der Waals surface area contributed by atoms with Crippen molar-refractivity contribution in [3.8, 4) is 6.07 Å². The van der Waals surface area contributed by atoms with Gasteiger partial charge in [0.15, 0.2) is 0 Å². The third-order valence-corrected chi connectivity index (χ3v) is 5.56. The second-order valence-corrected chi connectivity index (χ2v) is 7.81. The molecule has 9 heteroatoms. The van der Waals surface area contributed by atoms with Gasteiger partial charge < -0.3 is 15.1 Å². The smallest absolute Gasteiger partial charge is 0.234 e. The zero-order valence-corrected chi connectivity index (χ0v) is 16.2. The number of nitrogens with one attached hydrogen (secondary N) is 2. The summed E-state index contributed by atoms with van der Waals surface area (Å²) in [5.74, 6) is 0.579. The minimum atomic E-state index is -0.398. The number of fused-ring (bicyclic) bond motifs is 2. The van der Waals surface area contributed by atoms with Gasteiger partial charge in [-0.1, -0.05) is 0 Å². The third kappa shape index (κ3) is 2.93. The van der Waals surface area contributed by atoms with Crippen molar-refractivity contribution in [3.63, 3.8) is 0 Å². The van der Waals surface area contributed by atoms with Crippen molar-refractivity contribution in [2.75, 3.05) is 11.9 Å². The average molecular weight is 389 g/mol. The molecule has 0 bridgehead atoms. The van der Waals surface area contributed by atoms with E-state index < -0.39 is 5.78 Å². The molecular formula is C20H19N7O2. The highest BCUT2D eigenvalue weighted by Gasteiger charge is 2.39. The average Bonchev–Trinajstić information content (AvgIpc) is 3.34. The van der Waals surface area contributed by atoms with E-state index in [1.165, 1.54) is 6.33 Å². The number of nitrogens with zero attached hydrogens (tertiary/aromatic N) is 5. The van der Waals surface area contributed by atoms with E-state index in [4.69, 9.17) is 4.42 Å². The van der Waals surface area contributed by atoms with Crippen LogP contribution in [0.4, 0.5) is 5.82 Å². The Balaban J connectivity index is 1.65. The lowest BCUT2D eigenvalue weighted by Crippen LogP contribution is -2.27. The molecule has 1 fully saturated rings. The Bertz CT molecular complexity index is 1200. The predicted octanol–water partition coefficient (Wildman–Crippen LogP) is 2.03. The van der Waals surface area contributed by atoms with Gasteiger partial charge in [0.05, 0.1) is 16.6 Å². The fourth-order valence-corrected chi connectivity index (χ4v) is 3.68. The highest BCUT2D eigenvalue weighted by molar-refractivity contribution is 6.17. The molecule has 0 atom stereocenters. The van der Waals surface area contributed by atoms with Gasteiger partial charge in [-0.2, -0.15) is 5.26 Å². The SMILES string of the molecule is Cc1oc2ncnc(NC3(C)CC3)c2c1C(=O)c1nc(C#N)c2c(n1)CNCC2. The highest BCUT2D eigenvalue weighted by atomic mass is 16.3. The molecule has 0 saturated heterocycles. The Labute approximate surface area is 166 Å². The first kappa shape index (κ1) is 17.7. The molecule has 5 rings (SSSR count). The van der Waals surface area contributed by atoms with E-state index in [9.17, 15) is 10.1 Å². The van der Waals surface area contributed by atoms with Crippen molar-refractivity contribution in [3.05, 3.63) is 40.4 Å². The second kappa shape index (κ2) is 6.32. The number of nitriles is 1. The molecule has 0 aromatic carbocycles. The van der Waals surface area contributed by atoms with Crippen molar-refractivity contribution in [2.45, 2.75) is 45.2 Å². The number of furan rings is 1. The van der Waals surface area contributed by atoms with Crippen molar-refractivity contribution in [2.24, 2.45) is 0 Å². The van der Waals surface area contributed by atoms with Gasteiger partial charge in [0.1, 0.15) is 29.7 Å². The topological polar surface area (TPSA) is 130 Å². The van der Waals surface area contributed by atoms with Crippen molar-refractivity contribution < 1.29 is 9.21 Å². The second-order valence-electron chi connectivity index (χ2n) is 7.81. The van der Waals surface area contributed by atoms with Gasteiger partial charge in [0.2, 0.25) is 17.3 Å². The minimum absolute atomic E-state index is 0.0118. The number of hydrogen-bond acceptors (Lipinski definition) is 9. The number of aromatic nitrogens is 4. The summed E-state index contributed by atoms with van der Waals surface area (Å²) in [4.78, 5) is 30.7. The zero-order valence-electron chi connectivity index (χ0n) is 16.2. The zero-order chi connectivity index (χ0) is 20.2. The molecule has 1 aliphatic heterocycles. The largest absolute Gasteiger partial charge is 0.442 e. The lowest BCUT2D eigenvalue weighted by molar-refractivity contribution is 0.102. The van der Waals surface area contributed by atoms with Crippen molar-refractivity contribution in [1.82, 2.24) is 25.3 Å². The molecule has 1 aliphatic carbocycles. The first-order valence-electron chi connectivity index (χ1n) is 9.57. The summed E-state index contributed by atoms with van der Waals surface area (Å²) in [6, 6.07) is 2.11. The minimum Gasteiger partial charge on any atom is -0.442 e. The molecule has 0 amide bonds.